The summed E-state index contributed by atoms with van der Waals surface area (Å²) in [6, 6.07) is -1.64. The molecule has 1 heterocycles. The van der Waals surface area contributed by atoms with Crippen molar-refractivity contribution in [3.05, 3.63) is 36.1 Å². The first-order valence-corrected chi connectivity index (χ1v) is 6.63. The van der Waals surface area contributed by atoms with Crippen molar-refractivity contribution in [3.8, 4) is 0 Å². The third-order valence-corrected chi connectivity index (χ3v) is 3.65. The molecule has 2 aliphatic rings. The molecule has 0 spiro atoms. The van der Waals surface area contributed by atoms with Gasteiger partial charge < -0.3 is 15.4 Å². The molecule has 6 heteroatoms. The van der Waals surface area contributed by atoms with Gasteiger partial charge in [-0.2, -0.15) is 13.2 Å². The van der Waals surface area contributed by atoms with Crippen LogP contribution in [0.4, 0.5) is 13.2 Å². The van der Waals surface area contributed by atoms with E-state index >= 15 is 0 Å². The van der Waals surface area contributed by atoms with Gasteiger partial charge in [-0.25, -0.2) is 0 Å². The number of hydrogen-bond acceptors (Lipinski definition) is 3. The third-order valence-electron chi connectivity index (χ3n) is 3.65. The van der Waals surface area contributed by atoms with E-state index in [-0.39, 0.29) is 24.6 Å². The van der Waals surface area contributed by atoms with Gasteiger partial charge in [-0.3, -0.25) is 0 Å². The molecule has 0 saturated carbocycles. The van der Waals surface area contributed by atoms with E-state index in [1.165, 1.54) is 6.20 Å². The van der Waals surface area contributed by atoms with Crippen LogP contribution in [0.25, 0.3) is 0 Å². The summed E-state index contributed by atoms with van der Waals surface area (Å²) in [5.74, 6) is -0.439. The van der Waals surface area contributed by atoms with Crippen LogP contribution in [0, 0.1) is 11.8 Å². The number of fused-ring (bicyclic) bond motifs is 1. The smallest absolute Gasteiger partial charge is 0.366 e. The number of hydrogen-bond donors (Lipinski definition) is 2. The summed E-state index contributed by atoms with van der Waals surface area (Å²) < 4.78 is 45.0. The second-order valence-electron chi connectivity index (χ2n) is 4.87. The Morgan fingerprint density at radius 3 is 2.65 bits per heavy atom. The van der Waals surface area contributed by atoms with Crippen LogP contribution in [0.5, 0.6) is 0 Å². The van der Waals surface area contributed by atoms with Gasteiger partial charge in [0.05, 0.1) is 0 Å². The Hall–Kier alpha value is -1.27. The molecule has 0 aromatic heterocycles. The summed E-state index contributed by atoms with van der Waals surface area (Å²) in [5.41, 5.74) is 0.304. The number of allylic oxidation sites excluding steroid dienone is 3. The van der Waals surface area contributed by atoms with E-state index in [1.54, 1.807) is 26.2 Å². The second-order valence-corrected chi connectivity index (χ2v) is 4.87. The largest absolute Gasteiger partial charge is 0.407 e. The van der Waals surface area contributed by atoms with Crippen molar-refractivity contribution in [1.82, 2.24) is 10.6 Å². The van der Waals surface area contributed by atoms with Crippen molar-refractivity contribution in [2.24, 2.45) is 11.8 Å². The fourth-order valence-electron chi connectivity index (χ4n) is 2.76. The van der Waals surface area contributed by atoms with E-state index in [1.807, 2.05) is 12.2 Å². The molecule has 2 rings (SSSR count). The molecule has 0 aromatic rings. The van der Waals surface area contributed by atoms with Crippen LogP contribution in [0.1, 0.15) is 6.92 Å². The van der Waals surface area contributed by atoms with Crippen molar-refractivity contribution in [2.75, 3.05) is 13.7 Å². The monoisotopic (exact) mass is 288 g/mol. The molecule has 0 saturated heterocycles. The number of likely N-dealkylation sites (N-methyl/N-ethyl adjacent to an activating group) is 1. The number of nitrogens with one attached hydrogen (secondary N) is 2. The minimum Gasteiger partial charge on any atom is -0.366 e. The van der Waals surface area contributed by atoms with E-state index in [9.17, 15) is 13.2 Å². The first-order chi connectivity index (χ1) is 9.49. The lowest BCUT2D eigenvalue weighted by molar-refractivity contribution is -0.149. The molecule has 20 heavy (non-hydrogen) atoms. The maximum atomic E-state index is 13.2. The highest BCUT2D eigenvalue weighted by atomic mass is 19.4. The van der Waals surface area contributed by atoms with Crippen LogP contribution < -0.4 is 10.6 Å². The Kier molecular flexibility index (Phi) is 4.55. The Balaban J connectivity index is 2.32. The van der Waals surface area contributed by atoms with Gasteiger partial charge in [0.25, 0.3) is 0 Å². The predicted octanol–water partition coefficient (Wildman–Crippen LogP) is 2.34. The van der Waals surface area contributed by atoms with Crippen molar-refractivity contribution in [1.29, 1.82) is 0 Å². The Morgan fingerprint density at radius 2 is 2.05 bits per heavy atom. The number of rotatable bonds is 4. The maximum absolute atomic E-state index is 13.2. The average molecular weight is 288 g/mol. The summed E-state index contributed by atoms with van der Waals surface area (Å²) in [6.07, 6.45) is 4.14. The standard InChI is InChI=1S/C14H19F3N2O/c1-3-18-12(14(15,16)17)11-8-19-13(20-2)10-7-5-4-6-9(10)11/h4-10,12-13,18-19H,3H2,1-2H3. The van der Waals surface area contributed by atoms with E-state index < -0.39 is 12.2 Å². The number of alkyl halides is 3. The van der Waals surface area contributed by atoms with Crippen LogP contribution in [0.3, 0.4) is 0 Å². The Labute approximate surface area is 116 Å². The van der Waals surface area contributed by atoms with Gasteiger partial charge in [0, 0.05) is 25.1 Å². The zero-order valence-electron chi connectivity index (χ0n) is 11.4. The van der Waals surface area contributed by atoms with Crippen LogP contribution in [0.2, 0.25) is 0 Å². The fourth-order valence-corrected chi connectivity index (χ4v) is 2.76. The maximum Gasteiger partial charge on any atom is 0.407 e. The van der Waals surface area contributed by atoms with Gasteiger partial charge in [-0.1, -0.05) is 31.2 Å². The molecule has 2 N–H and O–H groups in total. The van der Waals surface area contributed by atoms with Crippen molar-refractivity contribution < 1.29 is 17.9 Å². The summed E-state index contributed by atoms with van der Waals surface area (Å²) >= 11 is 0. The summed E-state index contributed by atoms with van der Waals surface area (Å²) in [5, 5.41) is 5.45. The lowest BCUT2D eigenvalue weighted by atomic mass is 9.77. The lowest BCUT2D eigenvalue weighted by Crippen LogP contribution is -2.51. The molecule has 0 radical (unpaired) electrons. The molecule has 112 valence electrons. The molecule has 0 fully saturated rings. The highest BCUT2D eigenvalue weighted by molar-refractivity contribution is 5.31. The molecule has 4 unspecified atom stereocenters. The van der Waals surface area contributed by atoms with Gasteiger partial charge in [0.2, 0.25) is 0 Å². The van der Waals surface area contributed by atoms with Crippen LogP contribution in [-0.2, 0) is 4.74 Å². The SMILES string of the molecule is CCNC(C1=CNC(OC)C2C=CC=CC12)C(F)(F)F. The summed E-state index contributed by atoms with van der Waals surface area (Å²) in [7, 11) is 1.55. The Bertz CT molecular complexity index is 429. The molecular weight excluding hydrogens is 269 g/mol. The van der Waals surface area contributed by atoms with Crippen molar-refractivity contribution in [3.63, 3.8) is 0 Å². The summed E-state index contributed by atoms with van der Waals surface area (Å²) in [6.45, 7) is 1.92. The van der Waals surface area contributed by atoms with E-state index in [2.05, 4.69) is 10.6 Å². The molecular formula is C14H19F3N2O. The normalized spacial score (nSPS) is 30.4. The van der Waals surface area contributed by atoms with Crippen molar-refractivity contribution >= 4 is 0 Å². The molecule has 3 nitrogen and oxygen atoms in total. The zero-order chi connectivity index (χ0) is 14.8. The lowest BCUT2D eigenvalue weighted by Gasteiger charge is -2.39. The third kappa shape index (κ3) is 2.91. The van der Waals surface area contributed by atoms with Gasteiger partial charge >= 0.3 is 6.18 Å². The van der Waals surface area contributed by atoms with Crippen LogP contribution >= 0.6 is 0 Å². The molecule has 1 aliphatic carbocycles. The minimum absolute atomic E-state index is 0.131. The second kappa shape index (κ2) is 6.01. The van der Waals surface area contributed by atoms with E-state index in [0.29, 0.717) is 5.57 Å². The van der Waals surface area contributed by atoms with Gasteiger partial charge in [0.1, 0.15) is 12.3 Å². The number of halogens is 3. The molecule has 1 aliphatic heterocycles. The quantitative estimate of drug-likeness (QED) is 0.833. The topological polar surface area (TPSA) is 33.3 Å². The highest BCUT2D eigenvalue weighted by Crippen LogP contribution is 2.38. The van der Waals surface area contributed by atoms with Crippen LogP contribution in [0.15, 0.2) is 36.1 Å². The number of methoxy groups -OCH3 is 1. The molecule has 4 atom stereocenters. The highest BCUT2D eigenvalue weighted by Gasteiger charge is 2.46. The minimum atomic E-state index is -4.32. The molecule has 0 amide bonds. The van der Waals surface area contributed by atoms with Gasteiger partial charge in [-0.05, 0) is 12.1 Å². The number of ether oxygens (including phenoxy) is 1. The van der Waals surface area contributed by atoms with E-state index in [0.717, 1.165) is 0 Å². The first-order valence-electron chi connectivity index (χ1n) is 6.63. The first kappa shape index (κ1) is 15.1. The van der Waals surface area contributed by atoms with Crippen molar-refractivity contribution in [2.45, 2.75) is 25.4 Å². The van der Waals surface area contributed by atoms with Gasteiger partial charge in [-0.15, -0.1) is 0 Å². The summed E-state index contributed by atoms with van der Waals surface area (Å²) in [4.78, 5) is 0. The zero-order valence-corrected chi connectivity index (χ0v) is 11.4. The van der Waals surface area contributed by atoms with Crippen LogP contribution in [-0.4, -0.2) is 32.1 Å². The fraction of sp³-hybridized carbons (Fsp3) is 0.571. The average Bonchev–Trinajstić information content (AvgIpc) is 2.43. The predicted molar refractivity (Wildman–Crippen MR) is 70.8 cm³/mol. The van der Waals surface area contributed by atoms with E-state index in [4.69, 9.17) is 4.74 Å². The Morgan fingerprint density at radius 1 is 1.35 bits per heavy atom. The van der Waals surface area contributed by atoms with Gasteiger partial charge in [0.15, 0.2) is 0 Å². The molecule has 0 bridgehead atoms. The molecule has 0 aromatic carbocycles.